The standard InChI is InChI=1S/C11H14N2O/c14-9-3-7(5-12-6-9)10-4-8-1-2-11(10)13-8/h3,5-6,8,10-11,13-14H,1-2,4H2. The zero-order valence-corrected chi connectivity index (χ0v) is 7.98. The van der Waals surface area contributed by atoms with Gasteiger partial charge in [0.2, 0.25) is 0 Å². The van der Waals surface area contributed by atoms with Gasteiger partial charge in [0.05, 0.1) is 6.20 Å². The summed E-state index contributed by atoms with van der Waals surface area (Å²) in [7, 11) is 0. The highest BCUT2D eigenvalue weighted by atomic mass is 16.3. The van der Waals surface area contributed by atoms with Crippen LogP contribution < -0.4 is 5.32 Å². The Morgan fingerprint density at radius 2 is 2.29 bits per heavy atom. The van der Waals surface area contributed by atoms with E-state index >= 15 is 0 Å². The predicted molar refractivity (Wildman–Crippen MR) is 53.2 cm³/mol. The van der Waals surface area contributed by atoms with Crippen LogP contribution in [0.5, 0.6) is 5.75 Å². The quantitative estimate of drug-likeness (QED) is 0.703. The van der Waals surface area contributed by atoms with E-state index in [-0.39, 0.29) is 5.75 Å². The Morgan fingerprint density at radius 3 is 2.93 bits per heavy atom. The summed E-state index contributed by atoms with van der Waals surface area (Å²) < 4.78 is 0. The van der Waals surface area contributed by atoms with E-state index in [2.05, 4.69) is 10.3 Å². The van der Waals surface area contributed by atoms with Gasteiger partial charge in [-0.1, -0.05) is 0 Å². The van der Waals surface area contributed by atoms with Crippen molar-refractivity contribution in [1.29, 1.82) is 0 Å². The Balaban J connectivity index is 1.89. The van der Waals surface area contributed by atoms with Crippen LogP contribution in [-0.4, -0.2) is 22.2 Å². The molecule has 0 aromatic carbocycles. The fourth-order valence-electron chi connectivity index (χ4n) is 2.84. The fraction of sp³-hybridized carbons (Fsp3) is 0.545. The number of hydrogen-bond donors (Lipinski definition) is 2. The van der Waals surface area contributed by atoms with Crippen LogP contribution in [0.2, 0.25) is 0 Å². The van der Waals surface area contributed by atoms with Crippen molar-refractivity contribution < 1.29 is 5.11 Å². The molecule has 0 saturated carbocycles. The Kier molecular flexibility index (Phi) is 1.74. The molecule has 0 aliphatic carbocycles. The average molecular weight is 190 g/mol. The minimum absolute atomic E-state index is 0.283. The number of nitrogens with one attached hydrogen (secondary N) is 1. The number of rotatable bonds is 1. The highest BCUT2D eigenvalue weighted by Gasteiger charge is 2.39. The van der Waals surface area contributed by atoms with Crippen LogP contribution in [0, 0.1) is 0 Å². The van der Waals surface area contributed by atoms with Crippen LogP contribution in [0.4, 0.5) is 0 Å². The summed E-state index contributed by atoms with van der Waals surface area (Å²) in [6, 6.07) is 3.16. The lowest BCUT2D eigenvalue weighted by molar-refractivity contribution is 0.465. The Morgan fingerprint density at radius 1 is 1.36 bits per heavy atom. The normalized spacial score (nSPS) is 35.0. The maximum atomic E-state index is 9.36. The molecule has 3 nitrogen and oxygen atoms in total. The molecule has 2 aliphatic heterocycles. The predicted octanol–water partition coefficient (Wildman–Crippen LogP) is 1.40. The van der Waals surface area contributed by atoms with Gasteiger partial charge < -0.3 is 10.4 Å². The van der Waals surface area contributed by atoms with Crippen molar-refractivity contribution in [3.8, 4) is 5.75 Å². The molecule has 2 saturated heterocycles. The van der Waals surface area contributed by atoms with Gasteiger partial charge >= 0.3 is 0 Å². The molecule has 0 radical (unpaired) electrons. The van der Waals surface area contributed by atoms with E-state index in [4.69, 9.17) is 0 Å². The van der Waals surface area contributed by atoms with Crippen LogP contribution in [0.15, 0.2) is 18.5 Å². The molecule has 3 rings (SSSR count). The van der Waals surface area contributed by atoms with Gasteiger partial charge in [0.15, 0.2) is 0 Å². The molecular weight excluding hydrogens is 176 g/mol. The second kappa shape index (κ2) is 2.95. The molecule has 2 bridgehead atoms. The summed E-state index contributed by atoms with van der Waals surface area (Å²) in [5, 5.41) is 12.9. The molecule has 2 aliphatic rings. The number of hydrogen-bond acceptors (Lipinski definition) is 3. The number of pyridine rings is 1. The van der Waals surface area contributed by atoms with E-state index in [1.54, 1.807) is 0 Å². The lowest BCUT2D eigenvalue weighted by atomic mass is 9.85. The third-order valence-electron chi connectivity index (χ3n) is 3.47. The van der Waals surface area contributed by atoms with Crippen molar-refractivity contribution in [3.05, 3.63) is 24.0 Å². The van der Waals surface area contributed by atoms with Gasteiger partial charge in [-0.05, 0) is 30.9 Å². The molecule has 3 unspecified atom stereocenters. The molecule has 3 atom stereocenters. The second-order valence-electron chi connectivity index (χ2n) is 4.37. The Hall–Kier alpha value is -1.09. The van der Waals surface area contributed by atoms with Crippen LogP contribution in [0.25, 0.3) is 0 Å². The average Bonchev–Trinajstić information content (AvgIpc) is 2.78. The molecule has 2 N–H and O–H groups in total. The van der Waals surface area contributed by atoms with Gasteiger partial charge in [0.25, 0.3) is 0 Å². The van der Waals surface area contributed by atoms with E-state index in [1.165, 1.54) is 31.0 Å². The van der Waals surface area contributed by atoms with E-state index in [0.29, 0.717) is 18.0 Å². The van der Waals surface area contributed by atoms with Gasteiger partial charge in [-0.2, -0.15) is 0 Å². The maximum absolute atomic E-state index is 9.36. The van der Waals surface area contributed by atoms with Crippen LogP contribution >= 0.6 is 0 Å². The first-order valence-electron chi connectivity index (χ1n) is 5.23. The summed E-state index contributed by atoms with van der Waals surface area (Å²) >= 11 is 0. The summed E-state index contributed by atoms with van der Waals surface area (Å²) in [4.78, 5) is 4.03. The van der Waals surface area contributed by atoms with Crippen LogP contribution in [0.3, 0.4) is 0 Å². The van der Waals surface area contributed by atoms with Gasteiger partial charge in [0, 0.05) is 24.2 Å². The molecule has 0 amide bonds. The summed E-state index contributed by atoms with van der Waals surface area (Å²) in [5.74, 6) is 0.846. The van der Waals surface area contributed by atoms with Crippen LogP contribution in [0.1, 0.15) is 30.7 Å². The minimum atomic E-state index is 0.283. The SMILES string of the molecule is Oc1cncc(C2CC3CCC2N3)c1. The van der Waals surface area contributed by atoms with Gasteiger partial charge in [-0.3, -0.25) is 4.98 Å². The highest BCUT2D eigenvalue weighted by Crippen LogP contribution is 2.40. The summed E-state index contributed by atoms with van der Waals surface area (Å²) in [6.45, 7) is 0. The van der Waals surface area contributed by atoms with Crippen molar-refractivity contribution in [2.75, 3.05) is 0 Å². The van der Waals surface area contributed by atoms with Crippen molar-refractivity contribution in [1.82, 2.24) is 10.3 Å². The molecule has 14 heavy (non-hydrogen) atoms. The third kappa shape index (κ3) is 1.20. The van der Waals surface area contributed by atoms with Gasteiger partial charge in [-0.15, -0.1) is 0 Å². The highest BCUT2D eigenvalue weighted by molar-refractivity contribution is 5.28. The first-order chi connectivity index (χ1) is 6.83. The lowest BCUT2D eigenvalue weighted by Crippen LogP contribution is -2.21. The molecule has 74 valence electrons. The smallest absolute Gasteiger partial charge is 0.134 e. The summed E-state index contributed by atoms with van der Waals surface area (Å²) in [5.41, 5.74) is 1.18. The first kappa shape index (κ1) is 8.24. The fourth-order valence-corrected chi connectivity index (χ4v) is 2.84. The van der Waals surface area contributed by atoms with E-state index in [0.717, 1.165) is 0 Å². The van der Waals surface area contributed by atoms with E-state index < -0.39 is 0 Å². The minimum Gasteiger partial charge on any atom is -0.506 e. The van der Waals surface area contributed by atoms with Crippen molar-refractivity contribution >= 4 is 0 Å². The zero-order chi connectivity index (χ0) is 9.54. The monoisotopic (exact) mass is 190 g/mol. The van der Waals surface area contributed by atoms with E-state index in [1.807, 2.05) is 12.3 Å². The third-order valence-corrected chi connectivity index (χ3v) is 3.47. The summed E-state index contributed by atoms with van der Waals surface area (Å²) in [6.07, 6.45) is 7.16. The number of aromatic hydroxyl groups is 1. The van der Waals surface area contributed by atoms with Crippen molar-refractivity contribution in [3.63, 3.8) is 0 Å². The Labute approximate surface area is 83.2 Å². The van der Waals surface area contributed by atoms with E-state index in [9.17, 15) is 5.11 Å². The number of fused-ring (bicyclic) bond motifs is 2. The first-order valence-corrected chi connectivity index (χ1v) is 5.23. The molecule has 1 aromatic heterocycles. The van der Waals surface area contributed by atoms with Crippen molar-refractivity contribution in [2.24, 2.45) is 0 Å². The lowest BCUT2D eigenvalue weighted by Gasteiger charge is -2.19. The van der Waals surface area contributed by atoms with Crippen LogP contribution in [-0.2, 0) is 0 Å². The number of aromatic nitrogens is 1. The van der Waals surface area contributed by atoms with Gasteiger partial charge in [-0.25, -0.2) is 0 Å². The molecule has 1 aromatic rings. The van der Waals surface area contributed by atoms with Crippen molar-refractivity contribution in [2.45, 2.75) is 37.3 Å². The molecule has 0 spiro atoms. The molecule has 3 heterocycles. The molecule has 3 heteroatoms. The van der Waals surface area contributed by atoms with Gasteiger partial charge in [0.1, 0.15) is 5.75 Å². The Bertz CT molecular complexity index is 353. The molecular formula is C11H14N2O. The topological polar surface area (TPSA) is 45.2 Å². The second-order valence-corrected chi connectivity index (χ2v) is 4.37. The number of nitrogens with zero attached hydrogens (tertiary/aromatic N) is 1. The maximum Gasteiger partial charge on any atom is 0.134 e. The zero-order valence-electron chi connectivity index (χ0n) is 7.98. The molecule has 2 fully saturated rings. The largest absolute Gasteiger partial charge is 0.506 e.